The molecule has 3 heterocycles. The molecule has 1 N–H and O–H groups in total. The van der Waals surface area contributed by atoms with Crippen molar-refractivity contribution in [3.8, 4) is 11.5 Å². The minimum absolute atomic E-state index is 0.308. The van der Waals surface area contributed by atoms with Gasteiger partial charge in [0, 0.05) is 42.6 Å². The van der Waals surface area contributed by atoms with Gasteiger partial charge in [-0.15, -0.1) is 0 Å². The summed E-state index contributed by atoms with van der Waals surface area (Å²) < 4.78 is 10.9. The molecule has 1 atom stereocenters. The first-order chi connectivity index (χ1) is 12.2. The number of aromatic nitrogens is 2. The molecule has 4 rings (SSSR count). The quantitative estimate of drug-likeness (QED) is 0.923. The van der Waals surface area contributed by atoms with E-state index in [-0.39, 0.29) is 0 Å². The predicted octanol–water partition coefficient (Wildman–Crippen LogP) is 3.16. The molecule has 0 saturated carbocycles. The highest BCUT2D eigenvalue weighted by atomic mass is 16.7. The molecule has 0 aliphatic carbocycles. The Morgan fingerprint density at radius 1 is 1.28 bits per heavy atom. The smallest absolute Gasteiger partial charge is 0.231 e. The van der Waals surface area contributed by atoms with Crippen molar-refractivity contribution in [1.29, 1.82) is 0 Å². The molecular formula is C19H24N4O2. The Hall–Kier alpha value is -2.50. The zero-order chi connectivity index (χ0) is 17.2. The number of hydrogen-bond donors (Lipinski definition) is 1. The SMILES string of the molecule is CCc1cnc(C)nc1N1CCCC(Nc2ccc3c(c2)OCO3)C1. The molecule has 0 amide bonds. The second-order valence-electron chi connectivity index (χ2n) is 6.62. The topological polar surface area (TPSA) is 59.5 Å². The summed E-state index contributed by atoms with van der Waals surface area (Å²) in [5.74, 6) is 3.56. The van der Waals surface area contributed by atoms with Gasteiger partial charge in [0.1, 0.15) is 11.6 Å². The highest BCUT2D eigenvalue weighted by molar-refractivity contribution is 5.56. The van der Waals surface area contributed by atoms with Gasteiger partial charge >= 0.3 is 0 Å². The summed E-state index contributed by atoms with van der Waals surface area (Å²) in [6.07, 6.45) is 5.21. The highest BCUT2D eigenvalue weighted by Gasteiger charge is 2.23. The largest absolute Gasteiger partial charge is 0.454 e. The maximum atomic E-state index is 5.47. The van der Waals surface area contributed by atoms with Crippen molar-refractivity contribution in [3.63, 3.8) is 0 Å². The Balaban J connectivity index is 1.49. The highest BCUT2D eigenvalue weighted by Crippen LogP contribution is 2.35. The number of rotatable bonds is 4. The van der Waals surface area contributed by atoms with Crippen molar-refractivity contribution in [2.75, 3.05) is 30.1 Å². The summed E-state index contributed by atoms with van der Waals surface area (Å²) in [5, 5.41) is 3.64. The standard InChI is InChI=1S/C19H24N4O2/c1-3-14-10-20-13(2)21-19(14)23-8-4-5-16(11-23)22-15-6-7-17-18(9-15)25-12-24-17/h6-7,9-10,16,22H,3-5,8,11-12H2,1-2H3. The summed E-state index contributed by atoms with van der Waals surface area (Å²) in [4.78, 5) is 11.4. The average Bonchev–Trinajstić information content (AvgIpc) is 3.10. The van der Waals surface area contributed by atoms with E-state index in [1.54, 1.807) is 0 Å². The van der Waals surface area contributed by atoms with Gasteiger partial charge in [-0.05, 0) is 38.3 Å². The fourth-order valence-electron chi connectivity index (χ4n) is 3.52. The fraction of sp³-hybridized carbons (Fsp3) is 0.474. The zero-order valence-corrected chi connectivity index (χ0v) is 14.8. The van der Waals surface area contributed by atoms with Crippen LogP contribution in [0.1, 0.15) is 31.2 Å². The monoisotopic (exact) mass is 340 g/mol. The number of aryl methyl sites for hydroxylation is 2. The number of nitrogens with one attached hydrogen (secondary N) is 1. The van der Waals surface area contributed by atoms with Crippen LogP contribution in [0.3, 0.4) is 0 Å². The van der Waals surface area contributed by atoms with E-state index < -0.39 is 0 Å². The minimum atomic E-state index is 0.308. The van der Waals surface area contributed by atoms with Crippen LogP contribution in [0.4, 0.5) is 11.5 Å². The Morgan fingerprint density at radius 3 is 3.04 bits per heavy atom. The van der Waals surface area contributed by atoms with Crippen LogP contribution in [0.5, 0.6) is 11.5 Å². The lowest BCUT2D eigenvalue weighted by atomic mass is 10.0. The van der Waals surface area contributed by atoms with Crippen molar-refractivity contribution >= 4 is 11.5 Å². The van der Waals surface area contributed by atoms with E-state index >= 15 is 0 Å². The van der Waals surface area contributed by atoms with Gasteiger partial charge in [0.05, 0.1) is 0 Å². The van der Waals surface area contributed by atoms with Crippen LogP contribution in [-0.2, 0) is 6.42 Å². The van der Waals surface area contributed by atoms with Crippen molar-refractivity contribution in [2.24, 2.45) is 0 Å². The number of nitrogens with zero attached hydrogens (tertiary/aromatic N) is 3. The lowest BCUT2D eigenvalue weighted by Gasteiger charge is -2.35. The van der Waals surface area contributed by atoms with Crippen LogP contribution < -0.4 is 19.7 Å². The molecule has 0 radical (unpaired) electrons. The molecule has 0 spiro atoms. The van der Waals surface area contributed by atoms with Gasteiger partial charge in [0.2, 0.25) is 6.79 Å². The molecule has 25 heavy (non-hydrogen) atoms. The first-order valence-corrected chi connectivity index (χ1v) is 8.96. The third-order valence-electron chi connectivity index (χ3n) is 4.81. The van der Waals surface area contributed by atoms with Crippen LogP contribution >= 0.6 is 0 Å². The van der Waals surface area contributed by atoms with Crippen molar-refractivity contribution in [3.05, 3.63) is 35.8 Å². The molecule has 0 bridgehead atoms. The minimum Gasteiger partial charge on any atom is -0.454 e. The summed E-state index contributed by atoms with van der Waals surface area (Å²) in [6, 6.07) is 6.43. The average molecular weight is 340 g/mol. The fourth-order valence-corrected chi connectivity index (χ4v) is 3.52. The van der Waals surface area contributed by atoms with Gasteiger partial charge in [-0.1, -0.05) is 6.92 Å². The van der Waals surface area contributed by atoms with E-state index in [9.17, 15) is 0 Å². The van der Waals surface area contributed by atoms with Gasteiger partial charge in [0.25, 0.3) is 0 Å². The molecular weight excluding hydrogens is 316 g/mol. The first kappa shape index (κ1) is 16.0. The molecule has 6 heteroatoms. The van der Waals surface area contributed by atoms with Gasteiger partial charge in [-0.3, -0.25) is 0 Å². The summed E-state index contributed by atoms with van der Waals surface area (Å²) in [6.45, 7) is 6.41. The van der Waals surface area contributed by atoms with Crippen LogP contribution in [0.25, 0.3) is 0 Å². The second kappa shape index (κ2) is 6.78. The molecule has 1 fully saturated rings. The van der Waals surface area contributed by atoms with E-state index in [1.165, 1.54) is 5.56 Å². The normalized spacial score (nSPS) is 19.1. The molecule has 2 aliphatic rings. The van der Waals surface area contributed by atoms with E-state index in [2.05, 4.69) is 28.2 Å². The van der Waals surface area contributed by atoms with Crippen LogP contribution in [0, 0.1) is 6.92 Å². The molecule has 1 saturated heterocycles. The third kappa shape index (κ3) is 3.34. The predicted molar refractivity (Wildman–Crippen MR) is 97.6 cm³/mol. The summed E-state index contributed by atoms with van der Waals surface area (Å²) in [7, 11) is 0. The summed E-state index contributed by atoms with van der Waals surface area (Å²) >= 11 is 0. The lowest BCUT2D eigenvalue weighted by molar-refractivity contribution is 0.174. The third-order valence-corrected chi connectivity index (χ3v) is 4.81. The van der Waals surface area contributed by atoms with Gasteiger partial charge in [-0.25, -0.2) is 9.97 Å². The van der Waals surface area contributed by atoms with E-state index in [4.69, 9.17) is 14.5 Å². The Labute approximate surface area is 148 Å². The number of anilines is 2. The molecule has 2 aromatic rings. The zero-order valence-electron chi connectivity index (χ0n) is 14.8. The Kier molecular flexibility index (Phi) is 4.34. The van der Waals surface area contributed by atoms with E-state index in [0.717, 1.165) is 61.2 Å². The maximum Gasteiger partial charge on any atom is 0.231 e. The number of piperidine rings is 1. The number of fused-ring (bicyclic) bond motifs is 1. The second-order valence-corrected chi connectivity index (χ2v) is 6.62. The molecule has 2 aliphatic heterocycles. The Morgan fingerprint density at radius 2 is 2.16 bits per heavy atom. The van der Waals surface area contributed by atoms with Crippen LogP contribution in [0.15, 0.2) is 24.4 Å². The van der Waals surface area contributed by atoms with Crippen molar-refractivity contribution in [1.82, 2.24) is 9.97 Å². The molecule has 1 unspecified atom stereocenters. The van der Waals surface area contributed by atoms with E-state index in [1.807, 2.05) is 25.3 Å². The van der Waals surface area contributed by atoms with Crippen LogP contribution in [-0.4, -0.2) is 35.9 Å². The Bertz CT molecular complexity index is 765. The van der Waals surface area contributed by atoms with Crippen molar-refractivity contribution < 1.29 is 9.47 Å². The molecule has 6 nitrogen and oxygen atoms in total. The lowest BCUT2D eigenvalue weighted by Crippen LogP contribution is -2.43. The molecule has 1 aromatic carbocycles. The molecule has 132 valence electrons. The first-order valence-electron chi connectivity index (χ1n) is 8.96. The van der Waals surface area contributed by atoms with Crippen molar-refractivity contribution in [2.45, 2.75) is 39.2 Å². The van der Waals surface area contributed by atoms with Gasteiger partial charge < -0.3 is 19.7 Å². The van der Waals surface area contributed by atoms with Crippen LogP contribution in [0.2, 0.25) is 0 Å². The number of hydrogen-bond acceptors (Lipinski definition) is 6. The van der Waals surface area contributed by atoms with E-state index in [0.29, 0.717) is 12.8 Å². The maximum absolute atomic E-state index is 5.47. The van der Waals surface area contributed by atoms with Gasteiger partial charge in [0.15, 0.2) is 11.5 Å². The number of benzene rings is 1. The molecule has 1 aromatic heterocycles. The number of ether oxygens (including phenoxy) is 2. The summed E-state index contributed by atoms with van der Waals surface area (Å²) in [5.41, 5.74) is 2.29. The van der Waals surface area contributed by atoms with Gasteiger partial charge in [-0.2, -0.15) is 0 Å².